The molecule has 0 spiro atoms. The van der Waals surface area contributed by atoms with Crippen LogP contribution in [0.5, 0.6) is 0 Å². The van der Waals surface area contributed by atoms with Gasteiger partial charge in [-0.3, -0.25) is 0 Å². The van der Waals surface area contributed by atoms with Crippen molar-refractivity contribution in [3.63, 3.8) is 0 Å². The molecule has 0 N–H and O–H groups in total. The molecule has 0 amide bonds. The smallest absolute Gasteiger partial charge is 0.0236 e. The Morgan fingerprint density at radius 2 is 1.52 bits per heavy atom. The number of hydrogen-bond acceptors (Lipinski definition) is 0. The lowest BCUT2D eigenvalue weighted by atomic mass is 9.59. The standard InChI is InChI=1S/C23H26/c1-16-10-12-19(13-11-16)23(18-6-3-2-4-7-18)15-17-14-22(23)21-9-5-8-20(17)21/h2-4,6-7,10-13,17,20-22H,5,8-9,14-15H2,1H3. The predicted octanol–water partition coefficient (Wildman–Crippen LogP) is 5.74. The highest BCUT2D eigenvalue weighted by Crippen LogP contribution is 2.67. The molecule has 0 heterocycles. The van der Waals surface area contributed by atoms with Crippen LogP contribution in [0.4, 0.5) is 0 Å². The van der Waals surface area contributed by atoms with Gasteiger partial charge in [0.05, 0.1) is 0 Å². The van der Waals surface area contributed by atoms with Crippen molar-refractivity contribution in [2.24, 2.45) is 23.7 Å². The van der Waals surface area contributed by atoms with E-state index in [1.807, 2.05) is 0 Å². The van der Waals surface area contributed by atoms with Crippen molar-refractivity contribution in [2.75, 3.05) is 0 Å². The van der Waals surface area contributed by atoms with Crippen molar-refractivity contribution in [1.82, 2.24) is 0 Å². The molecule has 5 unspecified atom stereocenters. The highest BCUT2D eigenvalue weighted by molar-refractivity contribution is 5.44. The number of benzene rings is 2. The van der Waals surface area contributed by atoms with Gasteiger partial charge in [-0.15, -0.1) is 0 Å². The average molecular weight is 302 g/mol. The molecule has 0 aliphatic heterocycles. The Morgan fingerprint density at radius 3 is 2.30 bits per heavy atom. The summed E-state index contributed by atoms with van der Waals surface area (Å²) < 4.78 is 0. The van der Waals surface area contributed by atoms with Gasteiger partial charge >= 0.3 is 0 Å². The lowest BCUT2D eigenvalue weighted by molar-refractivity contribution is 0.181. The van der Waals surface area contributed by atoms with E-state index in [9.17, 15) is 0 Å². The van der Waals surface area contributed by atoms with Crippen LogP contribution < -0.4 is 0 Å². The maximum Gasteiger partial charge on any atom is 0.0236 e. The van der Waals surface area contributed by atoms with Crippen molar-refractivity contribution >= 4 is 0 Å². The lowest BCUT2D eigenvalue weighted by Crippen LogP contribution is -2.40. The van der Waals surface area contributed by atoms with Crippen molar-refractivity contribution in [1.29, 1.82) is 0 Å². The molecule has 5 atom stereocenters. The second-order valence-corrected chi connectivity index (χ2v) is 8.27. The number of rotatable bonds is 2. The number of fused-ring (bicyclic) bond motifs is 5. The van der Waals surface area contributed by atoms with Crippen molar-refractivity contribution < 1.29 is 0 Å². The van der Waals surface area contributed by atoms with Crippen LogP contribution in [0.2, 0.25) is 0 Å². The first-order valence-electron chi connectivity index (χ1n) is 9.42. The molecule has 3 aliphatic carbocycles. The van der Waals surface area contributed by atoms with Gasteiger partial charge in [-0.1, -0.05) is 66.6 Å². The van der Waals surface area contributed by atoms with Gasteiger partial charge in [0.25, 0.3) is 0 Å². The zero-order valence-electron chi connectivity index (χ0n) is 14.0. The summed E-state index contributed by atoms with van der Waals surface area (Å²) in [7, 11) is 0. The van der Waals surface area contributed by atoms with Crippen LogP contribution in [-0.4, -0.2) is 0 Å². The van der Waals surface area contributed by atoms with Crippen LogP contribution in [0.15, 0.2) is 54.6 Å². The summed E-state index contributed by atoms with van der Waals surface area (Å²) in [4.78, 5) is 0. The summed E-state index contributed by atoms with van der Waals surface area (Å²) in [5, 5.41) is 0. The fourth-order valence-electron chi connectivity index (χ4n) is 6.56. The third kappa shape index (κ3) is 1.84. The average Bonchev–Trinajstić information content (AvgIpc) is 3.28. The van der Waals surface area contributed by atoms with E-state index < -0.39 is 0 Å². The summed E-state index contributed by atoms with van der Waals surface area (Å²) in [6.45, 7) is 2.20. The van der Waals surface area contributed by atoms with Gasteiger partial charge in [-0.2, -0.15) is 0 Å². The zero-order chi connectivity index (χ0) is 15.4. The summed E-state index contributed by atoms with van der Waals surface area (Å²) in [5.74, 6) is 3.86. The Bertz CT molecular complexity index is 699. The molecule has 3 aliphatic rings. The van der Waals surface area contributed by atoms with E-state index in [-0.39, 0.29) is 5.41 Å². The molecule has 5 rings (SSSR count). The van der Waals surface area contributed by atoms with E-state index in [0.29, 0.717) is 0 Å². The Hall–Kier alpha value is -1.56. The van der Waals surface area contributed by atoms with Gasteiger partial charge in [0.1, 0.15) is 0 Å². The third-order valence-corrected chi connectivity index (χ3v) is 7.38. The molecule has 0 radical (unpaired) electrons. The normalized spacial score (nSPS) is 38.0. The Labute approximate surface area is 139 Å². The molecule has 2 aromatic rings. The van der Waals surface area contributed by atoms with Crippen LogP contribution in [-0.2, 0) is 5.41 Å². The second-order valence-electron chi connectivity index (χ2n) is 8.27. The molecule has 118 valence electrons. The Balaban J connectivity index is 1.68. The third-order valence-electron chi connectivity index (χ3n) is 7.38. The predicted molar refractivity (Wildman–Crippen MR) is 95.4 cm³/mol. The summed E-state index contributed by atoms with van der Waals surface area (Å²) in [5.41, 5.74) is 4.80. The van der Waals surface area contributed by atoms with E-state index in [1.54, 1.807) is 11.1 Å². The minimum absolute atomic E-state index is 0.283. The van der Waals surface area contributed by atoms with Crippen LogP contribution in [0.1, 0.15) is 48.8 Å². The van der Waals surface area contributed by atoms with E-state index in [1.165, 1.54) is 37.7 Å². The van der Waals surface area contributed by atoms with Gasteiger partial charge in [0, 0.05) is 5.41 Å². The molecule has 23 heavy (non-hydrogen) atoms. The van der Waals surface area contributed by atoms with Gasteiger partial charge in [0.2, 0.25) is 0 Å². The molecule has 0 heteroatoms. The summed E-state index contributed by atoms with van der Waals surface area (Å²) in [6, 6.07) is 20.9. The first-order valence-corrected chi connectivity index (χ1v) is 9.42. The van der Waals surface area contributed by atoms with Crippen LogP contribution >= 0.6 is 0 Å². The van der Waals surface area contributed by atoms with Crippen molar-refractivity contribution in [3.05, 3.63) is 71.3 Å². The lowest BCUT2D eigenvalue weighted by Gasteiger charge is -2.44. The van der Waals surface area contributed by atoms with Gasteiger partial charge in [-0.05, 0) is 67.4 Å². The van der Waals surface area contributed by atoms with Gasteiger partial charge in [0.15, 0.2) is 0 Å². The van der Waals surface area contributed by atoms with E-state index in [4.69, 9.17) is 0 Å². The minimum atomic E-state index is 0.283. The fourth-order valence-corrected chi connectivity index (χ4v) is 6.56. The SMILES string of the molecule is Cc1ccc(C2(c3ccccc3)CC3CC2C2CCCC32)cc1. The van der Waals surface area contributed by atoms with E-state index >= 15 is 0 Å². The number of aryl methyl sites for hydroxylation is 1. The molecule has 3 saturated carbocycles. The minimum Gasteiger partial charge on any atom is -0.0622 e. The second kappa shape index (κ2) is 4.97. The largest absolute Gasteiger partial charge is 0.0622 e. The van der Waals surface area contributed by atoms with Crippen LogP contribution in [0, 0.1) is 30.6 Å². The maximum atomic E-state index is 2.42. The zero-order valence-corrected chi connectivity index (χ0v) is 14.0. The van der Waals surface area contributed by atoms with Crippen LogP contribution in [0.3, 0.4) is 0 Å². The van der Waals surface area contributed by atoms with E-state index in [0.717, 1.165) is 23.7 Å². The van der Waals surface area contributed by atoms with Gasteiger partial charge in [-0.25, -0.2) is 0 Å². The van der Waals surface area contributed by atoms with E-state index in [2.05, 4.69) is 61.5 Å². The molecular weight excluding hydrogens is 276 g/mol. The summed E-state index contributed by atoms with van der Waals surface area (Å²) >= 11 is 0. The monoisotopic (exact) mass is 302 g/mol. The first-order chi connectivity index (χ1) is 11.3. The molecule has 0 nitrogen and oxygen atoms in total. The number of hydrogen-bond donors (Lipinski definition) is 0. The quantitative estimate of drug-likeness (QED) is 0.664. The van der Waals surface area contributed by atoms with Gasteiger partial charge < -0.3 is 0 Å². The molecule has 2 bridgehead atoms. The summed E-state index contributed by atoms with van der Waals surface area (Å²) in [6.07, 6.45) is 7.31. The molecule has 0 aromatic heterocycles. The first kappa shape index (κ1) is 13.8. The van der Waals surface area contributed by atoms with Crippen molar-refractivity contribution in [3.8, 4) is 0 Å². The maximum absolute atomic E-state index is 2.42. The molecule has 3 fully saturated rings. The highest BCUT2D eigenvalue weighted by Gasteiger charge is 2.61. The molecular formula is C23H26. The topological polar surface area (TPSA) is 0 Å². The fraction of sp³-hybridized carbons (Fsp3) is 0.478. The molecule has 2 aromatic carbocycles. The van der Waals surface area contributed by atoms with Crippen LogP contribution in [0.25, 0.3) is 0 Å². The highest BCUT2D eigenvalue weighted by atomic mass is 14.6. The Morgan fingerprint density at radius 1 is 0.826 bits per heavy atom. The van der Waals surface area contributed by atoms with Crippen molar-refractivity contribution in [2.45, 2.75) is 44.4 Å². The Kier molecular flexibility index (Phi) is 2.99. The molecule has 0 saturated heterocycles.